The molecular weight excluding hydrogens is 312 g/mol. The molecule has 3 rings (SSSR count). The average molecular weight is 347 g/mol. The molecule has 2 N–H and O–H groups in total. The minimum absolute atomic E-state index is 0.464. The van der Waals surface area contributed by atoms with E-state index < -0.39 is 5.60 Å². The van der Waals surface area contributed by atoms with Crippen LogP contribution < -0.4 is 10.2 Å². The van der Waals surface area contributed by atoms with E-state index in [0.717, 1.165) is 75.5 Å². The van der Waals surface area contributed by atoms with E-state index in [-0.39, 0.29) is 0 Å². The van der Waals surface area contributed by atoms with E-state index in [1.165, 1.54) is 19.3 Å². The Morgan fingerprint density at radius 1 is 1.20 bits per heavy atom. The summed E-state index contributed by atoms with van der Waals surface area (Å²) < 4.78 is 0. The number of aryl methyl sites for hydroxylation is 2. The van der Waals surface area contributed by atoms with Crippen molar-refractivity contribution in [2.45, 2.75) is 83.3 Å². The smallest absolute Gasteiger partial charge is 0.132 e. The summed E-state index contributed by atoms with van der Waals surface area (Å²) in [6.07, 6.45) is 9.79. The molecule has 1 aromatic rings. The quantitative estimate of drug-likeness (QED) is 0.829. The summed E-state index contributed by atoms with van der Waals surface area (Å²) in [5.74, 6) is 2.05. The number of hydrogen-bond acceptors (Lipinski definition) is 5. The second kappa shape index (κ2) is 8.45. The lowest BCUT2D eigenvalue weighted by atomic mass is 9.84. The van der Waals surface area contributed by atoms with Crippen molar-refractivity contribution >= 4 is 5.82 Å². The van der Waals surface area contributed by atoms with Crippen LogP contribution in [0.4, 0.5) is 5.82 Å². The molecule has 0 radical (unpaired) electrons. The Morgan fingerprint density at radius 3 is 2.60 bits per heavy atom. The summed E-state index contributed by atoms with van der Waals surface area (Å²) in [6, 6.07) is 2.62. The molecule has 140 valence electrons. The number of nitrogens with one attached hydrogen (secondary N) is 1. The monoisotopic (exact) mass is 346 g/mol. The summed E-state index contributed by atoms with van der Waals surface area (Å²) in [6.45, 7) is 7.04. The van der Waals surface area contributed by atoms with Crippen LogP contribution in [0.5, 0.6) is 0 Å². The van der Waals surface area contributed by atoms with E-state index in [2.05, 4.69) is 35.1 Å². The van der Waals surface area contributed by atoms with Gasteiger partial charge in [-0.3, -0.25) is 0 Å². The maximum atomic E-state index is 10.7. The Balaban J connectivity index is 1.50. The van der Waals surface area contributed by atoms with Crippen molar-refractivity contribution in [2.24, 2.45) is 0 Å². The lowest BCUT2D eigenvalue weighted by Crippen LogP contribution is -2.49. The van der Waals surface area contributed by atoms with Crippen LogP contribution in [-0.4, -0.2) is 46.4 Å². The van der Waals surface area contributed by atoms with Crippen molar-refractivity contribution in [2.75, 3.05) is 24.5 Å². The van der Waals surface area contributed by atoms with Gasteiger partial charge in [-0.05, 0) is 39.0 Å². The van der Waals surface area contributed by atoms with Gasteiger partial charge in [0.25, 0.3) is 0 Å². The highest BCUT2D eigenvalue weighted by atomic mass is 16.3. The first-order valence-electron chi connectivity index (χ1n) is 10.1. The summed E-state index contributed by atoms with van der Waals surface area (Å²) in [5.41, 5.74) is 0.599. The summed E-state index contributed by atoms with van der Waals surface area (Å²) in [4.78, 5) is 11.7. The Labute approximate surface area is 152 Å². The molecule has 0 unspecified atom stereocenters. The summed E-state index contributed by atoms with van der Waals surface area (Å²) in [7, 11) is 0. The normalized spacial score (nSPS) is 21.5. The van der Waals surface area contributed by atoms with Gasteiger partial charge in [0.1, 0.15) is 11.6 Å². The van der Waals surface area contributed by atoms with Gasteiger partial charge in [0.15, 0.2) is 0 Å². The van der Waals surface area contributed by atoms with Gasteiger partial charge in [-0.25, -0.2) is 9.97 Å². The minimum atomic E-state index is -0.464. The predicted octanol–water partition coefficient (Wildman–Crippen LogP) is 2.99. The van der Waals surface area contributed by atoms with Crippen LogP contribution in [0, 0.1) is 6.92 Å². The van der Waals surface area contributed by atoms with E-state index in [4.69, 9.17) is 4.98 Å². The van der Waals surface area contributed by atoms with Gasteiger partial charge in [0.05, 0.1) is 5.60 Å². The Hall–Kier alpha value is -1.20. The average Bonchev–Trinajstić information content (AvgIpc) is 2.61. The number of piperidine rings is 1. The topological polar surface area (TPSA) is 61.3 Å². The fourth-order valence-electron chi connectivity index (χ4n) is 4.14. The molecule has 0 atom stereocenters. The first-order chi connectivity index (χ1) is 12.1. The molecule has 1 aromatic heterocycles. The number of hydrogen-bond donors (Lipinski definition) is 2. The molecule has 0 bridgehead atoms. The number of rotatable bonds is 6. The van der Waals surface area contributed by atoms with Gasteiger partial charge >= 0.3 is 0 Å². The maximum Gasteiger partial charge on any atom is 0.132 e. The summed E-state index contributed by atoms with van der Waals surface area (Å²) in [5, 5.41) is 14.3. The Morgan fingerprint density at radius 2 is 1.92 bits per heavy atom. The van der Waals surface area contributed by atoms with Gasteiger partial charge in [-0.1, -0.05) is 26.2 Å². The van der Waals surface area contributed by atoms with Gasteiger partial charge < -0.3 is 15.3 Å². The third-order valence-electron chi connectivity index (χ3n) is 5.68. The molecule has 5 heteroatoms. The highest BCUT2D eigenvalue weighted by Crippen LogP contribution is 2.28. The molecule has 2 heterocycles. The Bertz CT molecular complexity index is 549. The first-order valence-corrected chi connectivity index (χ1v) is 10.1. The third kappa shape index (κ3) is 5.14. The van der Waals surface area contributed by atoms with Gasteiger partial charge in [0.2, 0.25) is 0 Å². The molecule has 2 fully saturated rings. The van der Waals surface area contributed by atoms with Crippen molar-refractivity contribution in [1.82, 2.24) is 15.3 Å². The van der Waals surface area contributed by atoms with Crippen LogP contribution in [0.15, 0.2) is 6.07 Å². The van der Waals surface area contributed by atoms with Crippen LogP contribution >= 0.6 is 0 Å². The Kier molecular flexibility index (Phi) is 6.29. The molecule has 1 aliphatic heterocycles. The van der Waals surface area contributed by atoms with Gasteiger partial charge in [-0.2, -0.15) is 0 Å². The van der Waals surface area contributed by atoms with Crippen LogP contribution in [0.2, 0.25) is 0 Å². The zero-order chi connectivity index (χ0) is 17.7. The van der Waals surface area contributed by atoms with E-state index >= 15 is 0 Å². The van der Waals surface area contributed by atoms with Crippen molar-refractivity contribution in [3.63, 3.8) is 0 Å². The molecule has 5 nitrogen and oxygen atoms in total. The SMILES string of the molecule is CCCc1nc(C)cc(N2CCC(NCC3(O)CCCCC3)CC2)n1. The molecular formula is C20H34N4O. The van der Waals surface area contributed by atoms with E-state index in [1.54, 1.807) is 0 Å². The fourth-order valence-corrected chi connectivity index (χ4v) is 4.14. The fraction of sp³-hybridized carbons (Fsp3) is 0.800. The zero-order valence-corrected chi connectivity index (χ0v) is 15.9. The van der Waals surface area contributed by atoms with Crippen molar-refractivity contribution < 1.29 is 5.11 Å². The number of nitrogens with zero attached hydrogens (tertiary/aromatic N) is 3. The molecule has 1 saturated carbocycles. The van der Waals surface area contributed by atoms with Crippen molar-refractivity contribution in [3.05, 3.63) is 17.6 Å². The van der Waals surface area contributed by atoms with Gasteiger partial charge in [0, 0.05) is 43.9 Å². The minimum Gasteiger partial charge on any atom is -0.389 e. The van der Waals surface area contributed by atoms with E-state index in [9.17, 15) is 5.11 Å². The molecule has 1 saturated heterocycles. The van der Waals surface area contributed by atoms with Crippen LogP contribution in [-0.2, 0) is 6.42 Å². The van der Waals surface area contributed by atoms with Crippen LogP contribution in [0.3, 0.4) is 0 Å². The van der Waals surface area contributed by atoms with Crippen molar-refractivity contribution in [1.29, 1.82) is 0 Å². The molecule has 25 heavy (non-hydrogen) atoms. The molecule has 0 amide bonds. The van der Waals surface area contributed by atoms with Gasteiger partial charge in [-0.15, -0.1) is 0 Å². The number of aliphatic hydroxyl groups is 1. The lowest BCUT2D eigenvalue weighted by molar-refractivity contribution is 0.00204. The second-order valence-electron chi connectivity index (χ2n) is 7.96. The van der Waals surface area contributed by atoms with Crippen molar-refractivity contribution in [3.8, 4) is 0 Å². The number of aromatic nitrogens is 2. The molecule has 0 spiro atoms. The molecule has 1 aliphatic carbocycles. The summed E-state index contributed by atoms with van der Waals surface area (Å²) >= 11 is 0. The molecule has 0 aromatic carbocycles. The lowest BCUT2D eigenvalue weighted by Gasteiger charge is -2.37. The number of anilines is 1. The first kappa shape index (κ1) is 18.6. The highest BCUT2D eigenvalue weighted by molar-refractivity contribution is 5.40. The highest BCUT2D eigenvalue weighted by Gasteiger charge is 2.30. The van der Waals surface area contributed by atoms with Crippen LogP contribution in [0.1, 0.15) is 69.8 Å². The van der Waals surface area contributed by atoms with E-state index in [0.29, 0.717) is 6.04 Å². The predicted molar refractivity (Wildman–Crippen MR) is 102 cm³/mol. The van der Waals surface area contributed by atoms with E-state index in [1.807, 2.05) is 0 Å². The zero-order valence-electron chi connectivity index (χ0n) is 15.9. The standard InChI is InChI=1S/C20H34N4O/c1-3-7-18-22-16(2)14-19(23-18)24-12-8-17(9-13-24)21-15-20(25)10-5-4-6-11-20/h14,17,21,25H,3-13,15H2,1-2H3. The van der Waals surface area contributed by atoms with Crippen LogP contribution in [0.25, 0.3) is 0 Å². The maximum absolute atomic E-state index is 10.7. The third-order valence-corrected chi connectivity index (χ3v) is 5.68. The second-order valence-corrected chi connectivity index (χ2v) is 7.96. The largest absolute Gasteiger partial charge is 0.389 e. The molecule has 2 aliphatic rings.